The average Bonchev–Trinajstić information content (AvgIpc) is 3.41. The number of rotatable bonds is 7. The number of benzene rings is 1. The van der Waals surface area contributed by atoms with Crippen LogP contribution in [0.5, 0.6) is 0 Å². The van der Waals surface area contributed by atoms with E-state index >= 15 is 0 Å². The van der Waals surface area contributed by atoms with Crippen LogP contribution >= 0.6 is 11.8 Å². The molecule has 0 aliphatic carbocycles. The second-order valence-electron chi connectivity index (χ2n) is 7.05. The van der Waals surface area contributed by atoms with Gasteiger partial charge in [0.1, 0.15) is 0 Å². The van der Waals surface area contributed by atoms with E-state index in [1.165, 1.54) is 11.8 Å². The first-order valence-corrected chi connectivity index (χ1v) is 12.3. The van der Waals surface area contributed by atoms with Gasteiger partial charge in [-0.3, -0.25) is 4.79 Å². The fraction of sp³-hybridized carbons (Fsp3) is 0.421. The van der Waals surface area contributed by atoms with Gasteiger partial charge in [-0.05, 0) is 18.9 Å². The van der Waals surface area contributed by atoms with Gasteiger partial charge in [0.05, 0.1) is 22.8 Å². The Morgan fingerprint density at radius 2 is 2.17 bits per heavy atom. The van der Waals surface area contributed by atoms with Crippen LogP contribution in [0.2, 0.25) is 0 Å². The number of sulfone groups is 1. The predicted molar refractivity (Wildman–Crippen MR) is 111 cm³/mol. The van der Waals surface area contributed by atoms with Crippen molar-refractivity contribution in [3.05, 3.63) is 30.5 Å². The highest BCUT2D eigenvalue weighted by molar-refractivity contribution is 7.99. The molecule has 0 bridgehead atoms. The highest BCUT2D eigenvalue weighted by Crippen LogP contribution is 2.29. The number of H-pyrrole nitrogens is 1. The Bertz CT molecular complexity index is 1120. The zero-order valence-corrected chi connectivity index (χ0v) is 17.6. The topological polar surface area (TPSA) is 109 Å². The molecule has 3 heterocycles. The van der Waals surface area contributed by atoms with Crippen LogP contribution in [0.4, 0.5) is 0 Å². The number of carbonyl (C=O) groups is 1. The molecular weight excluding hydrogens is 412 g/mol. The number of aromatic amines is 1. The molecule has 1 aliphatic rings. The van der Waals surface area contributed by atoms with Crippen molar-refractivity contribution in [1.82, 2.24) is 20.1 Å². The summed E-state index contributed by atoms with van der Waals surface area (Å²) in [5, 5.41) is 9.45. The molecule has 1 atom stereocenters. The minimum Gasteiger partial charge on any atom is -0.411 e. The van der Waals surface area contributed by atoms with E-state index in [0.29, 0.717) is 24.1 Å². The number of para-hydroxylation sites is 1. The van der Waals surface area contributed by atoms with Crippen molar-refractivity contribution in [2.45, 2.75) is 31.0 Å². The van der Waals surface area contributed by atoms with Crippen LogP contribution in [0.15, 0.2) is 40.1 Å². The molecule has 0 radical (unpaired) electrons. The highest BCUT2D eigenvalue weighted by atomic mass is 32.2. The maximum absolute atomic E-state index is 12.7. The van der Waals surface area contributed by atoms with E-state index in [2.05, 4.69) is 15.2 Å². The number of fused-ring (bicyclic) bond motifs is 1. The van der Waals surface area contributed by atoms with E-state index in [0.717, 1.165) is 22.9 Å². The summed E-state index contributed by atoms with van der Waals surface area (Å²) in [5.74, 6) is 0.618. The molecule has 2 aromatic heterocycles. The quantitative estimate of drug-likeness (QED) is 0.570. The molecule has 1 amide bonds. The second-order valence-corrected chi connectivity index (χ2v) is 10.2. The molecule has 1 aliphatic heterocycles. The summed E-state index contributed by atoms with van der Waals surface area (Å²) in [6, 6.07) is 7.59. The number of nitrogens with one attached hydrogen (secondary N) is 1. The van der Waals surface area contributed by atoms with E-state index in [4.69, 9.17) is 4.42 Å². The van der Waals surface area contributed by atoms with Gasteiger partial charge in [-0.25, -0.2) is 8.42 Å². The van der Waals surface area contributed by atoms with Crippen molar-refractivity contribution in [2.75, 3.05) is 23.8 Å². The van der Waals surface area contributed by atoms with Gasteiger partial charge >= 0.3 is 0 Å². The second kappa shape index (κ2) is 8.19. The minimum absolute atomic E-state index is 0.0503. The third kappa shape index (κ3) is 4.32. The number of hydrogen-bond acceptors (Lipinski definition) is 7. The Morgan fingerprint density at radius 1 is 1.34 bits per heavy atom. The monoisotopic (exact) mass is 434 g/mol. The Labute approximate surface area is 173 Å². The van der Waals surface area contributed by atoms with Crippen LogP contribution in [0.3, 0.4) is 0 Å². The molecule has 4 rings (SSSR count). The van der Waals surface area contributed by atoms with Gasteiger partial charge in [-0.2, -0.15) is 0 Å². The van der Waals surface area contributed by atoms with Crippen LogP contribution in [-0.4, -0.2) is 64.3 Å². The lowest BCUT2D eigenvalue weighted by Gasteiger charge is -2.27. The van der Waals surface area contributed by atoms with Gasteiger partial charge in [0.15, 0.2) is 9.84 Å². The lowest BCUT2D eigenvalue weighted by atomic mass is 10.2. The third-order valence-electron chi connectivity index (χ3n) is 4.98. The molecule has 1 N–H and O–H groups in total. The lowest BCUT2D eigenvalue weighted by molar-refractivity contribution is -0.130. The van der Waals surface area contributed by atoms with Gasteiger partial charge in [0, 0.05) is 29.7 Å². The zero-order chi connectivity index (χ0) is 20.4. The Morgan fingerprint density at radius 3 is 2.93 bits per heavy atom. The first-order chi connectivity index (χ1) is 14.0. The summed E-state index contributed by atoms with van der Waals surface area (Å²) in [6.07, 6.45) is 3.10. The Hall–Kier alpha value is -2.33. The van der Waals surface area contributed by atoms with E-state index in [9.17, 15) is 13.2 Å². The number of hydrogen-bond donors (Lipinski definition) is 1. The molecule has 1 aromatic carbocycles. The fourth-order valence-electron chi connectivity index (χ4n) is 3.60. The van der Waals surface area contributed by atoms with E-state index in [-0.39, 0.29) is 29.2 Å². The van der Waals surface area contributed by atoms with Crippen LogP contribution in [0.25, 0.3) is 22.4 Å². The molecule has 154 valence electrons. The van der Waals surface area contributed by atoms with E-state index in [1.807, 2.05) is 37.4 Å². The van der Waals surface area contributed by atoms with Gasteiger partial charge < -0.3 is 14.3 Å². The van der Waals surface area contributed by atoms with Gasteiger partial charge in [0.25, 0.3) is 11.1 Å². The molecule has 3 aromatic rings. The molecule has 1 fully saturated rings. The highest BCUT2D eigenvalue weighted by Gasteiger charge is 2.34. The normalized spacial score (nSPS) is 18.3. The third-order valence-corrected chi connectivity index (χ3v) is 7.53. The maximum Gasteiger partial charge on any atom is 0.277 e. The van der Waals surface area contributed by atoms with Crippen LogP contribution in [-0.2, 0) is 14.6 Å². The molecule has 10 heteroatoms. The maximum atomic E-state index is 12.7. The summed E-state index contributed by atoms with van der Waals surface area (Å²) in [7, 11) is -3.04. The van der Waals surface area contributed by atoms with Crippen LogP contribution < -0.4 is 0 Å². The molecule has 0 saturated carbocycles. The first kappa shape index (κ1) is 20.0. The molecule has 8 nitrogen and oxygen atoms in total. The van der Waals surface area contributed by atoms with Crippen molar-refractivity contribution in [1.29, 1.82) is 0 Å². The molecule has 1 saturated heterocycles. The molecular formula is C19H22N4O4S2. The van der Waals surface area contributed by atoms with Gasteiger partial charge in [-0.1, -0.05) is 36.9 Å². The number of amides is 1. The zero-order valence-electron chi connectivity index (χ0n) is 16.0. The van der Waals surface area contributed by atoms with Crippen molar-refractivity contribution >= 4 is 38.4 Å². The fourth-order valence-corrected chi connectivity index (χ4v) is 5.98. The number of nitrogens with zero attached hydrogens (tertiary/aromatic N) is 3. The minimum atomic E-state index is -3.04. The molecule has 1 unspecified atom stereocenters. The number of aromatic nitrogens is 3. The van der Waals surface area contributed by atoms with Crippen molar-refractivity contribution < 1.29 is 17.6 Å². The number of carbonyl (C=O) groups excluding carboxylic acids is 1. The van der Waals surface area contributed by atoms with Gasteiger partial charge in [0.2, 0.25) is 5.91 Å². The van der Waals surface area contributed by atoms with Crippen molar-refractivity contribution in [3.8, 4) is 11.5 Å². The lowest BCUT2D eigenvalue weighted by Crippen LogP contribution is -2.42. The summed E-state index contributed by atoms with van der Waals surface area (Å²) in [5.41, 5.74) is 1.79. The van der Waals surface area contributed by atoms with Crippen LogP contribution in [0.1, 0.15) is 19.8 Å². The van der Waals surface area contributed by atoms with Crippen LogP contribution in [0, 0.1) is 0 Å². The standard InChI is InChI=1S/C19H22N4O4S2/c1-2-8-23(13-7-9-29(25,26)12-13)17(24)11-28-19-22-21-18(27-19)15-10-20-16-6-4-3-5-14(15)16/h3-6,10,13,20H,2,7-9,11-12H2,1H3. The summed E-state index contributed by atoms with van der Waals surface area (Å²) in [6.45, 7) is 2.52. The smallest absolute Gasteiger partial charge is 0.277 e. The SMILES string of the molecule is CCCN(C(=O)CSc1nnc(-c2c[nH]c3ccccc23)o1)C1CCS(=O)(=O)C1. The Balaban J connectivity index is 1.43. The van der Waals surface area contributed by atoms with Gasteiger partial charge in [-0.15, -0.1) is 10.2 Å². The average molecular weight is 435 g/mol. The largest absolute Gasteiger partial charge is 0.411 e. The summed E-state index contributed by atoms with van der Waals surface area (Å²) >= 11 is 1.17. The summed E-state index contributed by atoms with van der Waals surface area (Å²) < 4.78 is 29.3. The summed E-state index contributed by atoms with van der Waals surface area (Å²) in [4.78, 5) is 17.6. The van der Waals surface area contributed by atoms with Crippen molar-refractivity contribution in [3.63, 3.8) is 0 Å². The first-order valence-electron chi connectivity index (χ1n) is 9.49. The van der Waals surface area contributed by atoms with E-state index < -0.39 is 9.84 Å². The number of thioether (sulfide) groups is 1. The van der Waals surface area contributed by atoms with Crippen molar-refractivity contribution in [2.24, 2.45) is 0 Å². The Kier molecular flexibility index (Phi) is 5.64. The molecule has 0 spiro atoms. The predicted octanol–water partition coefficient (Wildman–Crippen LogP) is 2.74. The van der Waals surface area contributed by atoms with E-state index in [1.54, 1.807) is 4.90 Å². The molecule has 29 heavy (non-hydrogen) atoms.